The number of nitrogens with zero attached hydrogens (tertiary/aromatic N) is 3. The molecule has 1 aromatic heterocycles. The van der Waals surface area contributed by atoms with E-state index in [4.69, 9.17) is 5.73 Å². The first-order valence-corrected chi connectivity index (χ1v) is 4.71. The molecule has 0 bridgehead atoms. The standard InChI is InChI=1S/C10H6F2N4O2/c11-5-1-2-6(7(12)3-5)9-8(16(17)18)4-14-10(13)15-9/h1-4H,(H2,13,14,15). The summed E-state index contributed by atoms with van der Waals surface area (Å²) in [5.41, 5.74) is 4.30. The van der Waals surface area contributed by atoms with Gasteiger partial charge in [0.05, 0.1) is 4.92 Å². The molecule has 0 aliphatic heterocycles. The monoisotopic (exact) mass is 252 g/mol. The van der Waals surface area contributed by atoms with Crippen LogP contribution in [0.5, 0.6) is 0 Å². The van der Waals surface area contributed by atoms with E-state index >= 15 is 0 Å². The average molecular weight is 252 g/mol. The molecule has 6 nitrogen and oxygen atoms in total. The number of hydrogen-bond donors (Lipinski definition) is 1. The summed E-state index contributed by atoms with van der Waals surface area (Å²) in [6, 6.07) is 2.64. The molecule has 0 amide bonds. The summed E-state index contributed by atoms with van der Waals surface area (Å²) in [5, 5.41) is 10.8. The van der Waals surface area contributed by atoms with Crippen LogP contribution in [0.1, 0.15) is 0 Å². The van der Waals surface area contributed by atoms with Crippen molar-refractivity contribution in [3.8, 4) is 11.3 Å². The summed E-state index contributed by atoms with van der Waals surface area (Å²) in [7, 11) is 0. The Balaban J connectivity index is 2.69. The van der Waals surface area contributed by atoms with E-state index < -0.39 is 22.2 Å². The van der Waals surface area contributed by atoms with Crippen LogP contribution in [-0.4, -0.2) is 14.9 Å². The molecule has 2 aromatic rings. The van der Waals surface area contributed by atoms with Gasteiger partial charge in [0.1, 0.15) is 17.8 Å². The number of nitro groups is 1. The first-order valence-electron chi connectivity index (χ1n) is 4.71. The zero-order valence-electron chi connectivity index (χ0n) is 8.80. The number of halogens is 2. The minimum absolute atomic E-state index is 0.211. The van der Waals surface area contributed by atoms with Crippen molar-refractivity contribution in [1.29, 1.82) is 0 Å². The van der Waals surface area contributed by atoms with Crippen LogP contribution in [0.2, 0.25) is 0 Å². The molecule has 92 valence electrons. The van der Waals surface area contributed by atoms with Gasteiger partial charge in [-0.3, -0.25) is 10.1 Å². The van der Waals surface area contributed by atoms with E-state index in [0.717, 1.165) is 18.3 Å². The fraction of sp³-hybridized carbons (Fsp3) is 0. The van der Waals surface area contributed by atoms with Crippen molar-refractivity contribution in [3.05, 3.63) is 46.1 Å². The number of aromatic nitrogens is 2. The number of nitrogens with two attached hydrogens (primary N) is 1. The van der Waals surface area contributed by atoms with Crippen LogP contribution in [0, 0.1) is 21.7 Å². The van der Waals surface area contributed by atoms with Crippen molar-refractivity contribution in [3.63, 3.8) is 0 Å². The Labute approximate surface area is 99.3 Å². The van der Waals surface area contributed by atoms with E-state index in [9.17, 15) is 18.9 Å². The molecule has 0 atom stereocenters. The van der Waals surface area contributed by atoms with Crippen LogP contribution in [0.4, 0.5) is 20.4 Å². The van der Waals surface area contributed by atoms with E-state index in [1.807, 2.05) is 0 Å². The van der Waals surface area contributed by atoms with E-state index in [1.165, 1.54) is 0 Å². The summed E-state index contributed by atoms with van der Waals surface area (Å²) in [6.45, 7) is 0. The topological polar surface area (TPSA) is 94.9 Å². The Kier molecular flexibility index (Phi) is 2.84. The highest BCUT2D eigenvalue weighted by Gasteiger charge is 2.21. The maximum absolute atomic E-state index is 13.5. The zero-order chi connectivity index (χ0) is 13.3. The highest BCUT2D eigenvalue weighted by atomic mass is 19.1. The van der Waals surface area contributed by atoms with Gasteiger partial charge in [0.15, 0.2) is 5.69 Å². The Hall–Kier alpha value is -2.64. The van der Waals surface area contributed by atoms with Gasteiger partial charge in [0.25, 0.3) is 0 Å². The van der Waals surface area contributed by atoms with Crippen molar-refractivity contribution >= 4 is 11.6 Å². The Morgan fingerprint density at radius 2 is 2.06 bits per heavy atom. The fourth-order valence-electron chi connectivity index (χ4n) is 1.40. The quantitative estimate of drug-likeness (QED) is 0.650. The zero-order valence-corrected chi connectivity index (χ0v) is 8.80. The molecule has 2 rings (SSSR count). The number of nitrogen functional groups attached to an aromatic ring is 1. The number of anilines is 1. The largest absolute Gasteiger partial charge is 0.368 e. The second-order valence-corrected chi connectivity index (χ2v) is 3.34. The van der Waals surface area contributed by atoms with Gasteiger partial charge in [-0.25, -0.2) is 18.7 Å². The molecule has 2 N–H and O–H groups in total. The second kappa shape index (κ2) is 4.32. The van der Waals surface area contributed by atoms with E-state index in [0.29, 0.717) is 6.07 Å². The summed E-state index contributed by atoms with van der Waals surface area (Å²) in [6.07, 6.45) is 0.875. The van der Waals surface area contributed by atoms with Crippen molar-refractivity contribution < 1.29 is 13.7 Å². The molecular weight excluding hydrogens is 246 g/mol. The SMILES string of the molecule is Nc1ncc([N+](=O)[O-])c(-c2ccc(F)cc2F)n1. The summed E-state index contributed by atoms with van der Waals surface area (Å²) >= 11 is 0. The van der Waals surface area contributed by atoms with Crippen LogP contribution in [0.15, 0.2) is 24.4 Å². The van der Waals surface area contributed by atoms with Gasteiger partial charge >= 0.3 is 5.69 Å². The molecule has 8 heteroatoms. The number of hydrogen-bond acceptors (Lipinski definition) is 5. The Morgan fingerprint density at radius 3 is 2.67 bits per heavy atom. The molecule has 0 spiro atoms. The first kappa shape index (κ1) is 11.8. The molecule has 0 unspecified atom stereocenters. The lowest BCUT2D eigenvalue weighted by molar-refractivity contribution is -0.384. The number of benzene rings is 1. The van der Waals surface area contributed by atoms with Gasteiger partial charge in [-0.05, 0) is 12.1 Å². The minimum atomic E-state index is -0.962. The third-order valence-electron chi connectivity index (χ3n) is 2.17. The molecule has 0 saturated carbocycles. The maximum Gasteiger partial charge on any atom is 0.313 e. The summed E-state index contributed by atoms with van der Waals surface area (Å²) in [4.78, 5) is 17.1. The maximum atomic E-state index is 13.5. The van der Waals surface area contributed by atoms with Gasteiger partial charge in [0, 0.05) is 11.6 Å². The second-order valence-electron chi connectivity index (χ2n) is 3.34. The molecule has 0 fully saturated rings. The average Bonchev–Trinajstić information content (AvgIpc) is 2.28. The molecule has 0 aliphatic carbocycles. The molecular formula is C10H6F2N4O2. The van der Waals surface area contributed by atoms with Gasteiger partial charge in [-0.1, -0.05) is 0 Å². The number of rotatable bonds is 2. The predicted molar refractivity (Wildman–Crippen MR) is 58.5 cm³/mol. The predicted octanol–water partition coefficient (Wildman–Crippen LogP) is 1.91. The van der Waals surface area contributed by atoms with Gasteiger partial charge < -0.3 is 5.73 Å². The van der Waals surface area contributed by atoms with Crippen molar-refractivity contribution in [2.24, 2.45) is 0 Å². The molecule has 0 aliphatic rings. The van der Waals surface area contributed by atoms with Crippen LogP contribution in [0.3, 0.4) is 0 Å². The van der Waals surface area contributed by atoms with E-state index in [-0.39, 0.29) is 17.2 Å². The summed E-state index contributed by atoms with van der Waals surface area (Å²) < 4.78 is 26.3. The lowest BCUT2D eigenvalue weighted by atomic mass is 10.1. The van der Waals surface area contributed by atoms with E-state index in [2.05, 4.69) is 9.97 Å². The smallest absolute Gasteiger partial charge is 0.313 e. The molecule has 0 radical (unpaired) electrons. The Morgan fingerprint density at radius 1 is 1.33 bits per heavy atom. The first-order chi connectivity index (χ1) is 8.49. The third-order valence-corrected chi connectivity index (χ3v) is 2.17. The van der Waals surface area contributed by atoms with Crippen molar-refractivity contribution in [1.82, 2.24) is 9.97 Å². The van der Waals surface area contributed by atoms with Crippen molar-refractivity contribution in [2.45, 2.75) is 0 Å². The molecule has 0 saturated heterocycles. The van der Waals surface area contributed by atoms with Crippen LogP contribution < -0.4 is 5.73 Å². The van der Waals surface area contributed by atoms with E-state index in [1.54, 1.807) is 0 Å². The molecule has 18 heavy (non-hydrogen) atoms. The fourth-order valence-corrected chi connectivity index (χ4v) is 1.40. The van der Waals surface area contributed by atoms with Crippen LogP contribution in [0.25, 0.3) is 11.3 Å². The summed E-state index contributed by atoms with van der Waals surface area (Å²) in [5.74, 6) is -1.99. The molecule has 1 heterocycles. The van der Waals surface area contributed by atoms with Crippen LogP contribution >= 0.6 is 0 Å². The Bertz CT molecular complexity index is 633. The van der Waals surface area contributed by atoms with Gasteiger partial charge in [-0.15, -0.1) is 0 Å². The highest BCUT2D eigenvalue weighted by Crippen LogP contribution is 2.29. The van der Waals surface area contributed by atoms with Crippen LogP contribution in [-0.2, 0) is 0 Å². The lowest BCUT2D eigenvalue weighted by Crippen LogP contribution is -2.02. The van der Waals surface area contributed by atoms with Gasteiger partial charge in [0.2, 0.25) is 5.95 Å². The highest BCUT2D eigenvalue weighted by molar-refractivity contribution is 5.70. The normalized spacial score (nSPS) is 10.3. The minimum Gasteiger partial charge on any atom is -0.368 e. The van der Waals surface area contributed by atoms with Crippen molar-refractivity contribution in [2.75, 3.05) is 5.73 Å². The third kappa shape index (κ3) is 2.08. The lowest BCUT2D eigenvalue weighted by Gasteiger charge is -2.04. The van der Waals surface area contributed by atoms with Gasteiger partial charge in [-0.2, -0.15) is 0 Å². The molecule has 1 aromatic carbocycles.